The number of aryl methyl sites for hydroxylation is 1. The molecule has 1 atom stereocenters. The van der Waals surface area contributed by atoms with Crippen molar-refractivity contribution in [1.82, 2.24) is 15.1 Å². The van der Waals surface area contributed by atoms with E-state index in [1.54, 1.807) is 7.11 Å². The van der Waals surface area contributed by atoms with Gasteiger partial charge in [-0.3, -0.25) is 10.00 Å². The minimum Gasteiger partial charge on any atom is -0.493 e. The van der Waals surface area contributed by atoms with Crippen molar-refractivity contribution < 1.29 is 18.9 Å². The highest BCUT2D eigenvalue weighted by Gasteiger charge is 2.35. The minimum absolute atomic E-state index is 0.0735. The van der Waals surface area contributed by atoms with Crippen molar-refractivity contribution >= 4 is 0 Å². The van der Waals surface area contributed by atoms with E-state index in [0.717, 1.165) is 62.5 Å². The Labute approximate surface area is 187 Å². The van der Waals surface area contributed by atoms with Crippen LogP contribution >= 0.6 is 0 Å². The minimum atomic E-state index is -0.389. The number of hydrogen-bond donors (Lipinski definition) is 2. The quantitative estimate of drug-likeness (QED) is 0.643. The predicted molar refractivity (Wildman–Crippen MR) is 118 cm³/mol. The summed E-state index contributed by atoms with van der Waals surface area (Å²) in [5.41, 5.74) is 9.08. The maximum atomic E-state index is 9.83. The molecule has 1 fully saturated rings. The Morgan fingerprint density at radius 1 is 1.31 bits per heavy atom. The Bertz CT molecular complexity index is 1020. The molecule has 2 aromatic rings. The van der Waals surface area contributed by atoms with Crippen LogP contribution in [0.2, 0.25) is 0 Å². The van der Waals surface area contributed by atoms with E-state index in [4.69, 9.17) is 24.7 Å². The van der Waals surface area contributed by atoms with E-state index in [2.05, 4.69) is 28.1 Å². The molecule has 9 heteroatoms. The van der Waals surface area contributed by atoms with Gasteiger partial charge in [-0.25, -0.2) is 0 Å². The summed E-state index contributed by atoms with van der Waals surface area (Å²) in [6.45, 7) is 6.82. The molecule has 3 heterocycles. The molecule has 0 amide bonds. The largest absolute Gasteiger partial charge is 0.493 e. The first-order chi connectivity index (χ1) is 15.7. The van der Waals surface area contributed by atoms with E-state index in [-0.39, 0.29) is 11.8 Å². The highest BCUT2D eigenvalue weighted by atomic mass is 16.5. The van der Waals surface area contributed by atoms with Gasteiger partial charge in [-0.05, 0) is 24.1 Å². The van der Waals surface area contributed by atoms with Crippen molar-refractivity contribution in [2.75, 3.05) is 46.6 Å². The van der Waals surface area contributed by atoms with E-state index in [0.29, 0.717) is 29.6 Å². The standard InChI is InChI=1S/C23H29N5O4/c1-3-4-17-21-20(16(14-24)22(25)32-23(21)27-26-17)15-5-6-18(19(13-15)29-2)31-12-9-28-7-10-30-11-8-28/h5-6,13,20H,3-4,7-12,25H2,1-2H3,(H,26,27)/t20-/m1/s1. The maximum Gasteiger partial charge on any atom is 0.244 e. The lowest BCUT2D eigenvalue weighted by Gasteiger charge is -2.26. The van der Waals surface area contributed by atoms with Crippen LogP contribution in [-0.4, -0.2) is 61.7 Å². The first kappa shape index (κ1) is 22.0. The number of nitrogens with zero attached hydrogens (tertiary/aromatic N) is 3. The van der Waals surface area contributed by atoms with Gasteiger partial charge < -0.3 is 24.7 Å². The normalized spacial score (nSPS) is 18.6. The number of allylic oxidation sites excluding steroid dienone is 1. The second-order valence-corrected chi connectivity index (χ2v) is 7.81. The molecule has 0 aliphatic carbocycles. The molecule has 2 aliphatic rings. The number of nitriles is 1. The molecular weight excluding hydrogens is 410 g/mol. The highest BCUT2D eigenvalue weighted by molar-refractivity contribution is 5.57. The van der Waals surface area contributed by atoms with Crippen LogP contribution in [0, 0.1) is 11.3 Å². The second-order valence-electron chi connectivity index (χ2n) is 7.81. The van der Waals surface area contributed by atoms with E-state index in [1.165, 1.54) is 0 Å². The summed E-state index contributed by atoms with van der Waals surface area (Å²) in [4.78, 5) is 2.31. The fourth-order valence-electron chi connectivity index (χ4n) is 4.18. The molecule has 0 unspecified atom stereocenters. The smallest absolute Gasteiger partial charge is 0.244 e. The third-order valence-electron chi connectivity index (χ3n) is 5.81. The van der Waals surface area contributed by atoms with Gasteiger partial charge in [0.15, 0.2) is 11.5 Å². The average Bonchev–Trinajstić information content (AvgIpc) is 3.21. The lowest BCUT2D eigenvalue weighted by Crippen LogP contribution is -2.38. The number of nitrogens with one attached hydrogen (secondary N) is 1. The number of benzene rings is 1. The van der Waals surface area contributed by atoms with Gasteiger partial charge in [0, 0.05) is 30.9 Å². The van der Waals surface area contributed by atoms with Crippen LogP contribution in [0.15, 0.2) is 29.7 Å². The van der Waals surface area contributed by atoms with Gasteiger partial charge in [0.1, 0.15) is 18.2 Å². The third kappa shape index (κ3) is 4.38. The SMILES string of the molecule is CCCc1[nH]nc2c1[C@H](c1ccc(OCCN3CCOCC3)c(OC)c1)C(C#N)=C(N)O2. The molecule has 1 aromatic heterocycles. The van der Waals surface area contributed by atoms with Crippen LogP contribution in [0.1, 0.15) is 36.1 Å². The Hall–Kier alpha value is -3.22. The van der Waals surface area contributed by atoms with Crippen molar-refractivity contribution in [2.24, 2.45) is 5.73 Å². The molecule has 0 radical (unpaired) electrons. The monoisotopic (exact) mass is 439 g/mol. The van der Waals surface area contributed by atoms with Gasteiger partial charge in [0.25, 0.3) is 0 Å². The summed E-state index contributed by atoms with van der Waals surface area (Å²) in [6, 6.07) is 7.95. The Morgan fingerprint density at radius 3 is 2.84 bits per heavy atom. The van der Waals surface area contributed by atoms with Crippen LogP contribution in [-0.2, 0) is 11.2 Å². The summed E-state index contributed by atoms with van der Waals surface area (Å²) in [6.07, 6.45) is 1.72. The molecule has 9 nitrogen and oxygen atoms in total. The van der Waals surface area contributed by atoms with E-state index in [9.17, 15) is 5.26 Å². The van der Waals surface area contributed by atoms with E-state index < -0.39 is 0 Å². The third-order valence-corrected chi connectivity index (χ3v) is 5.81. The first-order valence-corrected chi connectivity index (χ1v) is 10.9. The lowest BCUT2D eigenvalue weighted by molar-refractivity contribution is 0.0321. The number of aromatic amines is 1. The number of aromatic nitrogens is 2. The van der Waals surface area contributed by atoms with E-state index >= 15 is 0 Å². The summed E-state index contributed by atoms with van der Waals surface area (Å²) in [5, 5.41) is 17.2. The molecule has 170 valence electrons. The van der Waals surface area contributed by atoms with Crippen molar-refractivity contribution in [2.45, 2.75) is 25.7 Å². The zero-order valence-electron chi connectivity index (χ0n) is 18.5. The number of fused-ring (bicyclic) bond motifs is 1. The molecule has 0 spiro atoms. The highest BCUT2D eigenvalue weighted by Crippen LogP contribution is 2.44. The predicted octanol–water partition coefficient (Wildman–Crippen LogP) is 2.30. The number of nitrogens with two attached hydrogens (primary N) is 1. The fourth-order valence-corrected chi connectivity index (χ4v) is 4.18. The zero-order valence-corrected chi connectivity index (χ0v) is 18.5. The zero-order chi connectivity index (χ0) is 22.5. The number of H-pyrrole nitrogens is 1. The molecule has 4 rings (SSSR count). The second kappa shape index (κ2) is 9.94. The molecule has 0 bridgehead atoms. The van der Waals surface area contributed by atoms with Crippen LogP contribution in [0.25, 0.3) is 0 Å². The Kier molecular flexibility index (Phi) is 6.83. The number of morpholine rings is 1. The first-order valence-electron chi connectivity index (χ1n) is 10.9. The molecule has 0 saturated carbocycles. The number of hydrogen-bond acceptors (Lipinski definition) is 8. The van der Waals surface area contributed by atoms with Crippen molar-refractivity contribution in [3.05, 3.63) is 46.5 Å². The van der Waals surface area contributed by atoms with Crippen molar-refractivity contribution in [3.63, 3.8) is 0 Å². The molecule has 1 aromatic carbocycles. The number of ether oxygens (including phenoxy) is 4. The van der Waals surface area contributed by atoms with Gasteiger partial charge >= 0.3 is 0 Å². The van der Waals surface area contributed by atoms with Gasteiger partial charge in [-0.2, -0.15) is 5.26 Å². The molecule has 3 N–H and O–H groups in total. The van der Waals surface area contributed by atoms with Crippen molar-refractivity contribution in [1.29, 1.82) is 5.26 Å². The van der Waals surface area contributed by atoms with Crippen LogP contribution < -0.4 is 19.9 Å². The summed E-state index contributed by atoms with van der Waals surface area (Å²) < 4.78 is 22.6. The van der Waals surface area contributed by atoms with Gasteiger partial charge in [-0.1, -0.05) is 19.4 Å². The topological polar surface area (TPSA) is 119 Å². The van der Waals surface area contributed by atoms with Crippen LogP contribution in [0.4, 0.5) is 0 Å². The molecule has 2 aliphatic heterocycles. The average molecular weight is 440 g/mol. The van der Waals surface area contributed by atoms with Crippen LogP contribution in [0.5, 0.6) is 17.4 Å². The summed E-state index contributed by atoms with van der Waals surface area (Å²) in [7, 11) is 1.61. The Balaban J connectivity index is 1.60. The van der Waals surface area contributed by atoms with Gasteiger partial charge in [-0.15, -0.1) is 5.10 Å². The molecular formula is C23H29N5O4. The summed E-state index contributed by atoms with van der Waals surface area (Å²) in [5.74, 6) is 1.37. The Morgan fingerprint density at radius 2 is 2.12 bits per heavy atom. The maximum absolute atomic E-state index is 9.83. The summed E-state index contributed by atoms with van der Waals surface area (Å²) >= 11 is 0. The molecule has 1 saturated heterocycles. The van der Waals surface area contributed by atoms with Crippen molar-refractivity contribution in [3.8, 4) is 23.4 Å². The van der Waals surface area contributed by atoms with Gasteiger partial charge in [0.2, 0.25) is 11.8 Å². The lowest BCUT2D eigenvalue weighted by atomic mass is 9.83. The van der Waals surface area contributed by atoms with Crippen LogP contribution in [0.3, 0.4) is 0 Å². The van der Waals surface area contributed by atoms with Gasteiger partial charge in [0.05, 0.1) is 26.2 Å². The number of rotatable bonds is 8. The molecule has 32 heavy (non-hydrogen) atoms. The van der Waals surface area contributed by atoms with E-state index in [1.807, 2.05) is 18.2 Å². The number of methoxy groups -OCH3 is 1. The fraction of sp³-hybridized carbons (Fsp3) is 0.478.